The summed E-state index contributed by atoms with van der Waals surface area (Å²) >= 11 is 0. The van der Waals surface area contributed by atoms with Gasteiger partial charge in [-0.05, 0) is 48.9 Å². The van der Waals surface area contributed by atoms with E-state index in [0.717, 1.165) is 4.57 Å². The summed E-state index contributed by atoms with van der Waals surface area (Å²) in [6, 6.07) is 12.3. The van der Waals surface area contributed by atoms with Gasteiger partial charge in [-0.15, -0.1) is 0 Å². The second kappa shape index (κ2) is 7.62. The quantitative estimate of drug-likeness (QED) is 0.702. The number of hydrogen-bond donors (Lipinski definition) is 1. The molecule has 1 N–H and O–H groups in total. The molecule has 3 rings (SSSR count). The molecule has 2 aromatic heterocycles. The third kappa shape index (κ3) is 3.60. The van der Waals surface area contributed by atoms with Crippen molar-refractivity contribution in [2.45, 2.75) is 13.5 Å². The van der Waals surface area contributed by atoms with Crippen LogP contribution >= 0.6 is 0 Å². The lowest BCUT2D eigenvalue weighted by Gasteiger charge is -2.13. The molecule has 0 radical (unpaired) electrons. The fourth-order valence-corrected chi connectivity index (χ4v) is 2.64. The number of aromatic hydroxyl groups is 1. The van der Waals surface area contributed by atoms with E-state index in [1.165, 1.54) is 12.5 Å². The van der Waals surface area contributed by atoms with E-state index in [1.807, 2.05) is 6.07 Å². The Labute approximate surface area is 155 Å². The van der Waals surface area contributed by atoms with Gasteiger partial charge in [0.2, 0.25) is 5.88 Å². The van der Waals surface area contributed by atoms with E-state index in [-0.39, 0.29) is 18.0 Å². The smallest absolute Gasteiger partial charge is 0.271 e. The molecule has 0 aliphatic rings. The zero-order valence-corrected chi connectivity index (χ0v) is 14.8. The van der Waals surface area contributed by atoms with Gasteiger partial charge >= 0.3 is 0 Å². The van der Waals surface area contributed by atoms with Crippen LogP contribution in [0.3, 0.4) is 0 Å². The van der Waals surface area contributed by atoms with Crippen LogP contribution in [0.1, 0.15) is 22.5 Å². The molecule has 0 fully saturated rings. The van der Waals surface area contributed by atoms with Crippen molar-refractivity contribution in [3.8, 4) is 17.7 Å². The van der Waals surface area contributed by atoms with E-state index < -0.39 is 5.56 Å². The fraction of sp³-hybridized carbons (Fsp3) is 0.150. The lowest BCUT2D eigenvalue weighted by Crippen LogP contribution is -2.25. The Hall–Kier alpha value is -3.79. The van der Waals surface area contributed by atoms with Crippen LogP contribution in [0.15, 0.2) is 56.9 Å². The molecule has 136 valence electrons. The molecule has 1 aromatic carbocycles. The lowest BCUT2D eigenvalue weighted by atomic mass is 10.1. The van der Waals surface area contributed by atoms with Crippen LogP contribution in [0.4, 0.5) is 5.69 Å². The third-order valence-electron chi connectivity index (χ3n) is 4.16. The normalized spacial score (nSPS) is 10.9. The predicted octanol–water partition coefficient (Wildman–Crippen LogP) is 3.13. The Kier molecular flexibility index (Phi) is 5.08. The molecule has 2 heterocycles. The van der Waals surface area contributed by atoms with E-state index in [2.05, 4.69) is 4.99 Å². The molecule has 3 aromatic rings. The van der Waals surface area contributed by atoms with Gasteiger partial charge in [-0.3, -0.25) is 14.4 Å². The molecule has 7 heteroatoms. The maximum Gasteiger partial charge on any atom is 0.271 e. The van der Waals surface area contributed by atoms with Crippen molar-refractivity contribution < 1.29 is 14.3 Å². The largest absolute Gasteiger partial charge is 0.497 e. The summed E-state index contributed by atoms with van der Waals surface area (Å²) in [6.45, 7) is 1.61. The maximum atomic E-state index is 12.5. The molecule has 0 bridgehead atoms. The second-order valence-electron chi connectivity index (χ2n) is 5.78. The number of benzene rings is 1. The van der Waals surface area contributed by atoms with Gasteiger partial charge in [-0.25, -0.2) is 0 Å². The van der Waals surface area contributed by atoms with Gasteiger partial charge in [0.15, 0.2) is 0 Å². The molecule has 27 heavy (non-hydrogen) atoms. The molecule has 0 spiro atoms. The number of rotatable bonds is 5. The summed E-state index contributed by atoms with van der Waals surface area (Å²) in [5.74, 6) is 0.912. The standard InChI is InChI=1S/C20H17N3O4/c1-13-17(10-21)19(24)23(12-16-4-3-9-27-16)20(25)18(13)11-22-14-5-7-15(26-2)8-6-14/h3-9,11,25H,12H2,1-2H3. The second-order valence-corrected chi connectivity index (χ2v) is 5.78. The van der Waals surface area contributed by atoms with Gasteiger partial charge in [-0.1, -0.05) is 0 Å². The summed E-state index contributed by atoms with van der Waals surface area (Å²) in [4.78, 5) is 16.9. The molecule has 0 aliphatic carbocycles. The highest BCUT2D eigenvalue weighted by Crippen LogP contribution is 2.23. The highest BCUT2D eigenvalue weighted by atomic mass is 16.5. The van der Waals surface area contributed by atoms with E-state index in [0.29, 0.717) is 28.3 Å². The molecule has 0 atom stereocenters. The molecule has 7 nitrogen and oxygen atoms in total. The van der Waals surface area contributed by atoms with E-state index in [1.54, 1.807) is 50.4 Å². The van der Waals surface area contributed by atoms with Crippen molar-refractivity contribution >= 4 is 11.9 Å². The number of nitrogens with zero attached hydrogens (tertiary/aromatic N) is 3. The van der Waals surface area contributed by atoms with Crippen molar-refractivity contribution in [1.82, 2.24) is 4.57 Å². The van der Waals surface area contributed by atoms with Crippen molar-refractivity contribution in [3.05, 3.63) is 75.5 Å². The van der Waals surface area contributed by atoms with Gasteiger partial charge in [-0.2, -0.15) is 5.26 Å². The summed E-state index contributed by atoms with van der Waals surface area (Å²) in [6.07, 6.45) is 2.91. The minimum Gasteiger partial charge on any atom is -0.497 e. The monoisotopic (exact) mass is 363 g/mol. The van der Waals surface area contributed by atoms with Gasteiger partial charge in [0, 0.05) is 6.21 Å². The number of hydrogen-bond acceptors (Lipinski definition) is 6. The SMILES string of the molecule is COc1ccc(N=Cc2c(C)c(C#N)c(=O)n(Cc3ccco3)c2O)cc1. The Morgan fingerprint density at radius 3 is 2.67 bits per heavy atom. The number of ether oxygens (including phenoxy) is 1. The van der Waals surface area contributed by atoms with Crippen molar-refractivity contribution in [2.75, 3.05) is 7.11 Å². The molecule has 0 saturated carbocycles. The summed E-state index contributed by atoms with van der Waals surface area (Å²) in [5, 5.41) is 20.0. The molecule has 0 unspecified atom stereocenters. The van der Waals surface area contributed by atoms with Crippen molar-refractivity contribution in [3.63, 3.8) is 0 Å². The number of pyridine rings is 1. The van der Waals surface area contributed by atoms with Crippen LogP contribution in [-0.4, -0.2) is 23.0 Å². The van der Waals surface area contributed by atoms with Gasteiger partial charge < -0.3 is 14.3 Å². The van der Waals surface area contributed by atoms with Gasteiger partial charge in [0.05, 0.1) is 31.2 Å². The first-order valence-electron chi connectivity index (χ1n) is 8.12. The minimum atomic E-state index is -0.578. The van der Waals surface area contributed by atoms with Gasteiger partial charge in [0.25, 0.3) is 5.56 Å². The predicted molar refractivity (Wildman–Crippen MR) is 99.9 cm³/mol. The van der Waals surface area contributed by atoms with Crippen LogP contribution in [-0.2, 0) is 6.54 Å². The average Bonchev–Trinajstić information content (AvgIpc) is 3.19. The number of methoxy groups -OCH3 is 1. The minimum absolute atomic E-state index is 0.00992. The molecular weight excluding hydrogens is 346 g/mol. The van der Waals surface area contributed by atoms with Crippen molar-refractivity contribution in [1.29, 1.82) is 5.26 Å². The Morgan fingerprint density at radius 2 is 2.07 bits per heavy atom. The van der Waals surface area contributed by atoms with E-state index >= 15 is 0 Å². The number of furan rings is 1. The molecule has 0 amide bonds. The van der Waals surface area contributed by atoms with Crippen molar-refractivity contribution in [2.24, 2.45) is 4.99 Å². The molecular formula is C20H17N3O4. The molecule has 0 saturated heterocycles. The highest BCUT2D eigenvalue weighted by Gasteiger charge is 2.18. The van der Waals surface area contributed by atoms with Crippen LogP contribution in [0.25, 0.3) is 0 Å². The first kappa shape index (κ1) is 18.0. The summed E-state index contributed by atoms with van der Waals surface area (Å²) in [5.41, 5.74) is 0.680. The number of aromatic nitrogens is 1. The zero-order valence-electron chi connectivity index (χ0n) is 14.8. The Bertz CT molecular complexity index is 1070. The topological polar surface area (TPSA) is 101 Å². The van der Waals surface area contributed by atoms with E-state index in [4.69, 9.17) is 9.15 Å². The Morgan fingerprint density at radius 1 is 1.33 bits per heavy atom. The van der Waals surface area contributed by atoms with Crippen LogP contribution < -0.4 is 10.3 Å². The first-order chi connectivity index (χ1) is 13.0. The van der Waals surface area contributed by atoms with Crippen LogP contribution in [0.2, 0.25) is 0 Å². The summed E-state index contributed by atoms with van der Waals surface area (Å²) in [7, 11) is 1.57. The van der Waals surface area contributed by atoms with E-state index in [9.17, 15) is 15.2 Å². The molecule has 0 aliphatic heterocycles. The van der Waals surface area contributed by atoms with Crippen LogP contribution in [0, 0.1) is 18.3 Å². The van der Waals surface area contributed by atoms with Crippen LogP contribution in [0.5, 0.6) is 11.6 Å². The van der Waals surface area contributed by atoms with Gasteiger partial charge in [0.1, 0.15) is 23.1 Å². The number of aliphatic imine (C=N–C) groups is 1. The Balaban J connectivity index is 2.07. The summed E-state index contributed by atoms with van der Waals surface area (Å²) < 4.78 is 11.4. The maximum absolute atomic E-state index is 12.5. The zero-order chi connectivity index (χ0) is 19.4. The highest BCUT2D eigenvalue weighted by molar-refractivity contribution is 5.87. The average molecular weight is 363 g/mol. The fourth-order valence-electron chi connectivity index (χ4n) is 2.64. The lowest BCUT2D eigenvalue weighted by molar-refractivity contribution is 0.397. The number of nitriles is 1. The first-order valence-corrected chi connectivity index (χ1v) is 8.12. The third-order valence-corrected chi connectivity index (χ3v) is 4.16.